The Morgan fingerprint density at radius 3 is 1.56 bits per heavy atom. The number of carbonyl (C=O) groups is 4. The fourth-order valence-corrected chi connectivity index (χ4v) is 13.3. The highest BCUT2D eigenvalue weighted by molar-refractivity contribution is 5.94. The zero-order valence-corrected chi connectivity index (χ0v) is 65.2. The Labute approximate surface area is 663 Å². The Morgan fingerprint density at radius 2 is 1.01 bits per heavy atom. The quantitative estimate of drug-likeness (QED) is 0.0351. The molecule has 0 spiro atoms. The van der Waals surface area contributed by atoms with Gasteiger partial charge in [-0.1, -0.05) is 37.8 Å². The number of carbonyl (C=O) groups excluding carboxylic acids is 4. The van der Waals surface area contributed by atoms with E-state index in [0.717, 1.165) is 36.7 Å². The van der Waals surface area contributed by atoms with Crippen molar-refractivity contribution in [2.24, 2.45) is 17.8 Å². The number of alkyl halides is 3. The van der Waals surface area contributed by atoms with Gasteiger partial charge in [-0.3, -0.25) is 19.2 Å². The van der Waals surface area contributed by atoms with Crippen molar-refractivity contribution in [2.45, 2.75) is 145 Å². The molecular weight excluding hydrogens is 1510 g/mol. The second-order valence-electron chi connectivity index (χ2n) is 28.4. The summed E-state index contributed by atoms with van der Waals surface area (Å²) in [5, 5.41) is 68.3. The second kappa shape index (κ2) is 54.4. The number of benzene rings is 1. The van der Waals surface area contributed by atoms with Crippen LogP contribution in [0.4, 0.5) is 37.0 Å². The number of amides is 4. The maximum absolute atomic E-state index is 13.0. The van der Waals surface area contributed by atoms with E-state index in [1.165, 1.54) is 51.4 Å². The molecule has 2 aromatic heterocycles. The van der Waals surface area contributed by atoms with Crippen LogP contribution < -0.4 is 47.9 Å². The number of nitrogens with zero attached hydrogens (tertiary/aromatic N) is 5. The fourth-order valence-electron chi connectivity index (χ4n) is 13.3. The molecule has 644 valence electrons. The Bertz CT molecular complexity index is 3160. The summed E-state index contributed by atoms with van der Waals surface area (Å²) in [5.41, 5.74) is 0.324. The third-order valence-electron chi connectivity index (χ3n) is 19.6. The molecule has 3 aromatic rings. The summed E-state index contributed by atoms with van der Waals surface area (Å²) in [7, 11) is 0. The summed E-state index contributed by atoms with van der Waals surface area (Å²) in [6, 6.07) is 7.03. The van der Waals surface area contributed by atoms with Crippen molar-refractivity contribution >= 4 is 47.4 Å². The molecule has 4 unspecified atom stereocenters. The third kappa shape index (κ3) is 37.4. The molecule has 5 aliphatic rings. The molecular formula is C75H121F3N14O22. The maximum Gasteiger partial charge on any atom is 0.433 e. The lowest BCUT2D eigenvalue weighted by Gasteiger charge is -2.37. The van der Waals surface area contributed by atoms with Crippen LogP contribution in [0.3, 0.4) is 0 Å². The highest BCUT2D eigenvalue weighted by atomic mass is 19.4. The van der Waals surface area contributed by atoms with Gasteiger partial charge >= 0.3 is 6.18 Å². The summed E-state index contributed by atoms with van der Waals surface area (Å²) in [6.07, 6.45) is 1.99. The van der Waals surface area contributed by atoms with Gasteiger partial charge in [0.05, 0.1) is 190 Å². The van der Waals surface area contributed by atoms with E-state index in [2.05, 4.69) is 57.8 Å². The number of ether oxygens (including phenoxy) is 14. The molecule has 13 N–H and O–H groups in total. The number of halogens is 3. The largest absolute Gasteiger partial charge is 0.433 e. The minimum Gasteiger partial charge on any atom is -0.390 e. The van der Waals surface area contributed by atoms with Gasteiger partial charge < -0.3 is 135 Å². The minimum absolute atomic E-state index is 0.0491. The van der Waals surface area contributed by atoms with E-state index in [-0.39, 0.29) is 194 Å². The normalized spacial score (nSPS) is 22.0. The zero-order chi connectivity index (χ0) is 80.6. The minimum atomic E-state index is -4.68. The Balaban J connectivity index is 0.624. The van der Waals surface area contributed by atoms with E-state index in [1.807, 2.05) is 12.1 Å². The standard InChI is InChI=1S/C75H121F3N14O22/c76-75(77,78)63-12-16-83-71(89-63)88-59-49-114-62(69(99)67(59)97)51-112-41-39-108-37-35-106-33-31-102-25-18-80-65(95)15-22-110-48-57(47-109-21-14-64(94)79-17-24-101-30-32-105-34-36-107-38-40-111-50-61-68(98)60(93)13-23-113-61)84-46-66(96)81-19-26-103-28-29-104-27-20-82-70(100)55-9-6-53(7-10-55)45-86-73-90-72(85-44-52-4-2-1-3-5-52)91-74(92-73)87-58-43-54-8-11-56(58)42-54/h6-7,9-10,12,16,52,54,56-62,67-69,84,93,97-99H,1-5,8,11,13-15,17-51H2,(H,79,94)(H,80,95)(H,81,96)(H,82,100)(H,83,88,89)(H3,85,86,87,90,91,92)/t54?,56?,57?,58?,59-,60+,61+,62+,67+,68+,69-/m0/s1. The monoisotopic (exact) mass is 1630 g/mol. The molecule has 39 heteroatoms. The molecule has 4 heterocycles. The van der Waals surface area contributed by atoms with E-state index in [9.17, 15) is 52.8 Å². The van der Waals surface area contributed by atoms with Crippen molar-refractivity contribution in [1.29, 1.82) is 0 Å². The molecule has 3 aliphatic carbocycles. The van der Waals surface area contributed by atoms with Crippen LogP contribution in [0.15, 0.2) is 36.5 Å². The number of rotatable bonds is 61. The van der Waals surface area contributed by atoms with Crippen LogP contribution >= 0.6 is 0 Å². The number of aliphatic hydroxyl groups is 4. The molecule has 114 heavy (non-hydrogen) atoms. The van der Waals surface area contributed by atoms with Crippen molar-refractivity contribution in [3.05, 3.63) is 53.3 Å². The van der Waals surface area contributed by atoms with Crippen LogP contribution in [0.5, 0.6) is 0 Å². The van der Waals surface area contributed by atoms with Crippen LogP contribution in [-0.4, -0.2) is 335 Å². The zero-order valence-electron chi connectivity index (χ0n) is 65.2. The Morgan fingerprint density at radius 1 is 0.491 bits per heavy atom. The summed E-state index contributed by atoms with van der Waals surface area (Å²) < 4.78 is 117. The molecule has 2 bridgehead atoms. The SMILES string of the molecule is O=C(CCOCC(COCCC(=O)NCCOCCOCCOCCOC[C@H]1OCC[C@@H](O)[C@H]1O)NCC(=O)NCCOCCOCCNC(=O)c1ccc(CNc2nc(NCC3CCCCC3)nc(NC3CC4CCC3C4)n2)cc1)NCCOCCOCCOCCOC[C@H]1OC[C@H](Nc2nccc(C(F)(F)F)n2)[C@@H](O)[C@H]1O. The molecule has 1 aromatic carbocycles. The van der Waals surface area contributed by atoms with E-state index in [4.69, 9.17) is 81.3 Å². The Kier molecular flexibility index (Phi) is 44.4. The molecule has 11 atom stereocenters. The maximum atomic E-state index is 13.0. The first-order valence-corrected chi connectivity index (χ1v) is 40.0. The molecule has 3 saturated carbocycles. The number of aliphatic hydroxyl groups excluding tert-OH is 4. The highest BCUT2D eigenvalue weighted by Crippen LogP contribution is 2.45. The van der Waals surface area contributed by atoms with Gasteiger partial charge in [-0.15, -0.1) is 0 Å². The van der Waals surface area contributed by atoms with Gasteiger partial charge in [0, 0.05) is 76.5 Å². The van der Waals surface area contributed by atoms with Gasteiger partial charge in [0.2, 0.25) is 41.5 Å². The van der Waals surface area contributed by atoms with Crippen molar-refractivity contribution in [1.82, 2.24) is 51.5 Å². The molecule has 4 amide bonds. The lowest BCUT2D eigenvalue weighted by atomic mass is 9.89. The second-order valence-corrected chi connectivity index (χ2v) is 28.4. The van der Waals surface area contributed by atoms with Gasteiger partial charge in [0.15, 0.2) is 0 Å². The van der Waals surface area contributed by atoms with Crippen molar-refractivity contribution < 1.29 is 119 Å². The average Bonchev–Trinajstić information content (AvgIpc) is 1.57. The predicted octanol–water partition coefficient (Wildman–Crippen LogP) is 1.01. The molecule has 2 saturated heterocycles. The first-order valence-electron chi connectivity index (χ1n) is 40.0. The van der Waals surface area contributed by atoms with E-state index < -0.39 is 60.6 Å². The number of aromatic nitrogens is 5. The lowest BCUT2D eigenvalue weighted by molar-refractivity contribution is -0.161. The van der Waals surface area contributed by atoms with Crippen molar-refractivity contribution in [3.8, 4) is 0 Å². The fraction of sp³-hybridized carbons (Fsp3) is 0.773. The number of fused-ring (bicyclic) bond motifs is 2. The van der Waals surface area contributed by atoms with E-state index >= 15 is 0 Å². The molecule has 36 nitrogen and oxygen atoms in total. The third-order valence-corrected chi connectivity index (χ3v) is 19.6. The van der Waals surface area contributed by atoms with E-state index in [1.54, 1.807) is 12.1 Å². The van der Waals surface area contributed by atoms with Gasteiger partial charge in [-0.05, 0) is 80.0 Å². The number of hydrogen-bond donors (Lipinski definition) is 13. The highest BCUT2D eigenvalue weighted by Gasteiger charge is 2.41. The van der Waals surface area contributed by atoms with E-state index in [0.29, 0.717) is 107 Å². The molecule has 0 radical (unpaired) electrons. The van der Waals surface area contributed by atoms with Gasteiger partial charge in [0.1, 0.15) is 36.2 Å². The van der Waals surface area contributed by atoms with Crippen molar-refractivity contribution in [3.63, 3.8) is 0 Å². The Hall–Kier alpha value is -6.58. The van der Waals surface area contributed by atoms with Gasteiger partial charge in [0.25, 0.3) is 5.91 Å². The first kappa shape index (κ1) is 92.9. The van der Waals surface area contributed by atoms with Gasteiger partial charge in [-0.2, -0.15) is 28.1 Å². The summed E-state index contributed by atoms with van der Waals surface area (Å²) >= 11 is 0. The van der Waals surface area contributed by atoms with Crippen LogP contribution in [0.2, 0.25) is 0 Å². The summed E-state index contributed by atoms with van der Waals surface area (Å²) in [6.45, 7) is 7.82. The number of nitrogens with one attached hydrogen (secondary N) is 9. The number of hydrogen-bond acceptors (Lipinski definition) is 32. The van der Waals surface area contributed by atoms with Crippen molar-refractivity contribution in [2.75, 3.05) is 232 Å². The van der Waals surface area contributed by atoms with Crippen LogP contribution in [0.1, 0.15) is 98.7 Å². The van der Waals surface area contributed by atoms with Crippen LogP contribution in [-0.2, 0) is 93.4 Å². The molecule has 5 fully saturated rings. The van der Waals surface area contributed by atoms with Gasteiger partial charge in [-0.25, -0.2) is 9.97 Å². The smallest absolute Gasteiger partial charge is 0.390 e. The molecule has 8 rings (SSSR count). The summed E-state index contributed by atoms with van der Waals surface area (Å²) in [5.74, 6) is 2.34. The van der Waals surface area contributed by atoms with Crippen LogP contribution in [0.25, 0.3) is 0 Å². The average molecular weight is 1630 g/mol. The predicted molar refractivity (Wildman–Crippen MR) is 406 cm³/mol. The van der Waals surface area contributed by atoms with Crippen LogP contribution in [0, 0.1) is 17.8 Å². The number of anilines is 4. The topological polar surface area (TPSA) is 451 Å². The first-order chi connectivity index (χ1) is 55.5. The molecule has 2 aliphatic heterocycles. The summed E-state index contributed by atoms with van der Waals surface area (Å²) in [4.78, 5) is 72.5. The lowest BCUT2D eigenvalue weighted by Crippen LogP contribution is -2.57.